The number of quaternary nitrogens is 1. The number of hydrogen-bond acceptors (Lipinski definition) is 3. The van der Waals surface area contributed by atoms with Crippen LogP contribution in [-0.4, -0.2) is 55.9 Å². The third kappa shape index (κ3) is 3.94. The lowest BCUT2D eigenvalue weighted by Gasteiger charge is -2.34. The highest BCUT2D eigenvalue weighted by atomic mass is 16.2. The predicted molar refractivity (Wildman–Crippen MR) is 113 cm³/mol. The number of piperazine rings is 1. The highest BCUT2D eigenvalue weighted by molar-refractivity contribution is 6.02. The number of rotatable bonds is 4. The number of nitrogens with one attached hydrogen (secondary N) is 1. The van der Waals surface area contributed by atoms with Crippen molar-refractivity contribution in [1.82, 2.24) is 5.01 Å². The van der Waals surface area contributed by atoms with Crippen LogP contribution in [0.1, 0.15) is 23.1 Å². The number of aryl methyl sites for hydroxylation is 1. The van der Waals surface area contributed by atoms with Crippen LogP contribution in [0.3, 0.4) is 0 Å². The van der Waals surface area contributed by atoms with Gasteiger partial charge in [0.25, 0.3) is 5.91 Å². The molecular formula is C23H29N4O+. The first-order valence-corrected chi connectivity index (χ1v) is 10.2. The summed E-state index contributed by atoms with van der Waals surface area (Å²) in [5.74, 6) is 0.140. The molecular weight excluding hydrogens is 348 g/mol. The van der Waals surface area contributed by atoms with Crippen LogP contribution >= 0.6 is 0 Å². The number of hydrazone groups is 1. The zero-order valence-electron chi connectivity index (χ0n) is 16.8. The molecule has 0 spiro atoms. The van der Waals surface area contributed by atoms with Crippen LogP contribution in [-0.2, 0) is 4.79 Å². The summed E-state index contributed by atoms with van der Waals surface area (Å²) in [5.41, 5.74) is 6.17. The van der Waals surface area contributed by atoms with E-state index in [2.05, 4.69) is 54.2 Å². The molecule has 0 aliphatic carbocycles. The Kier molecular flexibility index (Phi) is 5.44. The molecule has 5 heteroatoms. The van der Waals surface area contributed by atoms with Gasteiger partial charge in [-0.2, -0.15) is 5.10 Å². The second-order valence-corrected chi connectivity index (χ2v) is 7.81. The quantitative estimate of drug-likeness (QED) is 0.880. The fourth-order valence-corrected chi connectivity index (χ4v) is 4.09. The Morgan fingerprint density at radius 2 is 1.75 bits per heavy atom. The maximum Gasteiger partial charge on any atom is 0.297 e. The van der Waals surface area contributed by atoms with Crippen LogP contribution in [0, 0.1) is 13.8 Å². The molecule has 0 saturated carbocycles. The Bertz CT molecular complexity index is 869. The van der Waals surface area contributed by atoms with E-state index in [-0.39, 0.29) is 5.91 Å². The van der Waals surface area contributed by atoms with Gasteiger partial charge in [0.2, 0.25) is 0 Å². The highest BCUT2D eigenvalue weighted by Gasteiger charge is 2.28. The first-order valence-electron chi connectivity index (χ1n) is 10.2. The van der Waals surface area contributed by atoms with Gasteiger partial charge in [-0.05, 0) is 36.6 Å². The largest absolute Gasteiger partial charge is 0.360 e. The number of hydrogen-bond donors (Lipinski definition) is 1. The summed E-state index contributed by atoms with van der Waals surface area (Å²) in [6.07, 6.45) is 0.839. The van der Waals surface area contributed by atoms with E-state index in [4.69, 9.17) is 0 Å². The van der Waals surface area contributed by atoms with E-state index in [0.29, 0.717) is 13.1 Å². The molecule has 0 aromatic heterocycles. The number of carbonyl (C=O) groups is 1. The molecule has 1 saturated heterocycles. The average molecular weight is 378 g/mol. The molecule has 0 atom stereocenters. The lowest BCUT2D eigenvalue weighted by molar-refractivity contribution is -0.892. The maximum absolute atomic E-state index is 12.7. The molecule has 2 aromatic rings. The Hall–Kier alpha value is -2.66. The Morgan fingerprint density at radius 3 is 2.50 bits per heavy atom. The zero-order chi connectivity index (χ0) is 19.5. The van der Waals surface area contributed by atoms with Gasteiger partial charge < -0.3 is 9.80 Å². The monoisotopic (exact) mass is 377 g/mol. The van der Waals surface area contributed by atoms with Crippen LogP contribution in [0.15, 0.2) is 53.6 Å². The van der Waals surface area contributed by atoms with Gasteiger partial charge in [0.15, 0.2) is 6.54 Å². The third-order valence-electron chi connectivity index (χ3n) is 5.99. The Labute approximate surface area is 167 Å². The van der Waals surface area contributed by atoms with Crippen molar-refractivity contribution in [3.05, 3.63) is 65.2 Å². The molecule has 28 heavy (non-hydrogen) atoms. The van der Waals surface area contributed by atoms with Crippen LogP contribution in [0.4, 0.5) is 5.69 Å². The molecule has 2 aromatic carbocycles. The molecule has 0 bridgehead atoms. The number of nitrogens with zero attached hydrogens (tertiary/aromatic N) is 3. The summed E-state index contributed by atoms with van der Waals surface area (Å²) in [4.78, 5) is 16.5. The summed E-state index contributed by atoms with van der Waals surface area (Å²) in [6, 6.07) is 16.7. The molecule has 5 nitrogen and oxygen atoms in total. The van der Waals surface area contributed by atoms with Crippen molar-refractivity contribution in [3.8, 4) is 0 Å². The average Bonchev–Trinajstić information content (AvgIpc) is 3.22. The summed E-state index contributed by atoms with van der Waals surface area (Å²) < 4.78 is 0. The second-order valence-electron chi connectivity index (χ2n) is 7.81. The van der Waals surface area contributed by atoms with E-state index in [0.717, 1.165) is 43.9 Å². The summed E-state index contributed by atoms with van der Waals surface area (Å²) >= 11 is 0. The highest BCUT2D eigenvalue weighted by Crippen LogP contribution is 2.22. The fraction of sp³-hybridized carbons (Fsp3) is 0.391. The van der Waals surface area contributed by atoms with Crippen molar-refractivity contribution < 1.29 is 9.69 Å². The van der Waals surface area contributed by atoms with Crippen LogP contribution in [0.2, 0.25) is 0 Å². The van der Waals surface area contributed by atoms with Gasteiger partial charge in [-0.15, -0.1) is 0 Å². The zero-order valence-corrected chi connectivity index (χ0v) is 16.8. The van der Waals surface area contributed by atoms with E-state index in [1.54, 1.807) is 5.01 Å². The molecule has 2 aliphatic heterocycles. The Morgan fingerprint density at radius 1 is 1.00 bits per heavy atom. The SMILES string of the molecule is Cc1cccc(N2CC[NH+](CC(=O)N3CCC(c4ccccc4)=N3)CC2)c1C. The number of benzene rings is 2. The van der Waals surface area contributed by atoms with Crippen LogP contribution in [0.25, 0.3) is 0 Å². The van der Waals surface area contributed by atoms with E-state index in [9.17, 15) is 4.79 Å². The molecule has 146 valence electrons. The van der Waals surface area contributed by atoms with E-state index >= 15 is 0 Å². The molecule has 1 amide bonds. The van der Waals surface area contributed by atoms with Gasteiger partial charge in [-0.1, -0.05) is 42.5 Å². The van der Waals surface area contributed by atoms with Crippen molar-refractivity contribution in [3.63, 3.8) is 0 Å². The lowest BCUT2D eigenvalue weighted by atomic mass is 10.1. The minimum atomic E-state index is 0.140. The minimum absolute atomic E-state index is 0.140. The van der Waals surface area contributed by atoms with E-state index < -0.39 is 0 Å². The first kappa shape index (κ1) is 18.7. The molecule has 1 fully saturated rings. The van der Waals surface area contributed by atoms with Gasteiger partial charge in [-0.25, -0.2) is 5.01 Å². The normalized spacial score (nSPS) is 17.7. The van der Waals surface area contributed by atoms with Gasteiger partial charge in [-0.3, -0.25) is 4.79 Å². The van der Waals surface area contributed by atoms with Crippen molar-refractivity contribution in [2.24, 2.45) is 5.10 Å². The molecule has 0 unspecified atom stereocenters. The van der Waals surface area contributed by atoms with Gasteiger partial charge >= 0.3 is 0 Å². The molecule has 4 rings (SSSR count). The van der Waals surface area contributed by atoms with Gasteiger partial charge in [0.05, 0.1) is 38.4 Å². The number of amides is 1. The van der Waals surface area contributed by atoms with Gasteiger partial charge in [0.1, 0.15) is 0 Å². The standard InChI is InChI=1S/C23H28N4O/c1-18-7-6-10-22(19(18)2)26-15-13-25(14-16-26)17-23(28)27-12-11-21(24-27)20-8-4-3-5-9-20/h3-10H,11-17H2,1-2H3/p+1. The van der Waals surface area contributed by atoms with Crippen molar-refractivity contribution in [1.29, 1.82) is 0 Å². The fourth-order valence-electron chi connectivity index (χ4n) is 4.09. The van der Waals surface area contributed by atoms with E-state index in [1.807, 2.05) is 18.2 Å². The topological polar surface area (TPSA) is 40.4 Å². The molecule has 1 N–H and O–H groups in total. The molecule has 2 aliphatic rings. The van der Waals surface area contributed by atoms with Crippen LogP contribution < -0.4 is 9.80 Å². The summed E-state index contributed by atoms with van der Waals surface area (Å²) in [5, 5.41) is 6.26. The van der Waals surface area contributed by atoms with Crippen LogP contribution in [0.5, 0.6) is 0 Å². The summed E-state index contributed by atoms with van der Waals surface area (Å²) in [7, 11) is 0. The number of anilines is 1. The maximum atomic E-state index is 12.7. The second kappa shape index (κ2) is 8.15. The predicted octanol–water partition coefficient (Wildman–Crippen LogP) is 1.64. The number of carbonyl (C=O) groups excluding carboxylic acids is 1. The smallest absolute Gasteiger partial charge is 0.297 e. The van der Waals surface area contributed by atoms with Crippen molar-refractivity contribution in [2.45, 2.75) is 20.3 Å². The van der Waals surface area contributed by atoms with Crippen molar-refractivity contribution in [2.75, 3.05) is 44.2 Å². The van der Waals surface area contributed by atoms with Gasteiger partial charge in [0, 0.05) is 12.1 Å². The summed E-state index contributed by atoms with van der Waals surface area (Å²) in [6.45, 7) is 9.56. The molecule has 2 heterocycles. The lowest BCUT2D eigenvalue weighted by Crippen LogP contribution is -3.15. The molecule has 0 radical (unpaired) electrons. The van der Waals surface area contributed by atoms with E-state index in [1.165, 1.54) is 21.7 Å². The first-order chi connectivity index (χ1) is 13.6. The third-order valence-corrected chi connectivity index (χ3v) is 5.99. The minimum Gasteiger partial charge on any atom is -0.360 e. The van der Waals surface area contributed by atoms with Crippen molar-refractivity contribution >= 4 is 17.3 Å². The Balaban J connectivity index is 1.32.